The van der Waals surface area contributed by atoms with Crippen LogP contribution in [0.3, 0.4) is 0 Å². The normalized spacial score (nSPS) is 20.4. The van der Waals surface area contributed by atoms with Gasteiger partial charge in [0.1, 0.15) is 0 Å². The Balaban J connectivity index is 1.76. The molecule has 0 spiro atoms. The third kappa shape index (κ3) is 2.95. The van der Waals surface area contributed by atoms with Crippen LogP contribution in [-0.4, -0.2) is 49.3 Å². The van der Waals surface area contributed by atoms with Gasteiger partial charge in [-0.25, -0.2) is 8.42 Å². The van der Waals surface area contributed by atoms with E-state index in [1.54, 1.807) is 17.0 Å². The summed E-state index contributed by atoms with van der Waals surface area (Å²) in [4.78, 5) is 27.4. The zero-order valence-electron chi connectivity index (χ0n) is 15.3. The van der Waals surface area contributed by atoms with Gasteiger partial charge in [-0.3, -0.25) is 9.59 Å². The number of carbonyl (C=O) groups excluding carboxylic acids is 2. The Morgan fingerprint density at radius 2 is 1.82 bits per heavy atom. The molecule has 2 heterocycles. The molecule has 2 aliphatic heterocycles. The van der Waals surface area contributed by atoms with E-state index in [9.17, 15) is 23.1 Å². The summed E-state index contributed by atoms with van der Waals surface area (Å²) >= 11 is 0. The predicted octanol–water partition coefficient (Wildman–Crippen LogP) is 2.44. The Kier molecular flexibility index (Phi) is 4.81. The lowest BCUT2D eigenvalue weighted by Gasteiger charge is -2.35. The molecule has 0 aromatic heterocycles. The van der Waals surface area contributed by atoms with E-state index in [0.717, 1.165) is 19.3 Å². The van der Waals surface area contributed by atoms with Gasteiger partial charge in [-0.15, -0.1) is 0 Å². The molecule has 2 aliphatic rings. The van der Waals surface area contributed by atoms with Gasteiger partial charge >= 0.3 is 0 Å². The first-order valence-corrected chi connectivity index (χ1v) is 10.9. The molecule has 1 unspecified atom stereocenters. The minimum absolute atomic E-state index is 0.00169. The number of carbonyl (C=O) groups is 2. The van der Waals surface area contributed by atoms with Gasteiger partial charge in [-0.1, -0.05) is 12.1 Å². The van der Waals surface area contributed by atoms with Gasteiger partial charge in [-0.05, 0) is 56.0 Å². The first-order valence-electron chi connectivity index (χ1n) is 9.40. The highest BCUT2D eigenvalue weighted by molar-refractivity contribution is 7.91. The average Bonchev–Trinajstić information content (AvgIpc) is 2.72. The van der Waals surface area contributed by atoms with E-state index in [1.807, 2.05) is 0 Å². The molecule has 1 amide bonds. The Hall–Kier alpha value is -2.51. The molecule has 146 valence electrons. The summed E-state index contributed by atoms with van der Waals surface area (Å²) in [6.45, 7) is 0.577. The fourth-order valence-electron chi connectivity index (χ4n) is 4.10. The molecule has 2 aromatic carbocycles. The first-order chi connectivity index (χ1) is 13.4. The molecule has 0 radical (unpaired) electrons. The van der Waals surface area contributed by atoms with Crippen molar-refractivity contribution in [2.45, 2.75) is 41.5 Å². The number of hydrogen-bond acceptors (Lipinski definition) is 5. The van der Waals surface area contributed by atoms with Crippen LogP contribution < -0.4 is 0 Å². The number of aliphatic hydroxyl groups is 1. The van der Waals surface area contributed by atoms with Gasteiger partial charge in [0, 0.05) is 35.9 Å². The van der Waals surface area contributed by atoms with Gasteiger partial charge in [0.15, 0.2) is 5.78 Å². The van der Waals surface area contributed by atoms with E-state index in [0.29, 0.717) is 13.0 Å². The second-order valence-corrected chi connectivity index (χ2v) is 9.09. The van der Waals surface area contributed by atoms with Gasteiger partial charge in [0.25, 0.3) is 5.91 Å². The van der Waals surface area contributed by atoms with Crippen molar-refractivity contribution in [2.75, 3.05) is 13.2 Å². The van der Waals surface area contributed by atoms with Crippen molar-refractivity contribution in [3.63, 3.8) is 0 Å². The fourth-order valence-corrected chi connectivity index (χ4v) is 5.78. The van der Waals surface area contributed by atoms with Crippen LogP contribution in [0.2, 0.25) is 0 Å². The Bertz CT molecular complexity index is 1060. The summed E-state index contributed by atoms with van der Waals surface area (Å²) in [5.41, 5.74) is 0.508. The largest absolute Gasteiger partial charge is 0.396 e. The SMILES string of the molecule is O=C1c2ccccc2S(=O)(=O)c2cc(C(=O)N3CCCCC3CCO)ccc21. The number of rotatable bonds is 3. The summed E-state index contributed by atoms with van der Waals surface area (Å²) in [5.74, 6) is -0.613. The van der Waals surface area contributed by atoms with Crippen LogP contribution in [0.25, 0.3) is 0 Å². The van der Waals surface area contributed by atoms with Gasteiger partial charge in [0.2, 0.25) is 9.84 Å². The van der Waals surface area contributed by atoms with Gasteiger partial charge in [0.05, 0.1) is 9.79 Å². The third-order valence-corrected chi connectivity index (χ3v) is 7.39. The lowest BCUT2D eigenvalue weighted by molar-refractivity contribution is 0.0574. The van der Waals surface area contributed by atoms with E-state index in [2.05, 4.69) is 0 Å². The smallest absolute Gasteiger partial charge is 0.254 e. The molecule has 1 fully saturated rings. The highest BCUT2D eigenvalue weighted by atomic mass is 32.2. The van der Waals surface area contributed by atoms with E-state index in [1.165, 1.54) is 30.3 Å². The third-order valence-electron chi connectivity index (χ3n) is 5.53. The number of ketones is 1. The molecule has 7 heteroatoms. The second kappa shape index (κ2) is 7.14. The maximum atomic E-state index is 13.1. The summed E-state index contributed by atoms with van der Waals surface area (Å²) in [5, 5.41) is 9.28. The number of sulfone groups is 1. The molecule has 2 aromatic rings. The van der Waals surface area contributed by atoms with Crippen molar-refractivity contribution >= 4 is 21.5 Å². The Labute approximate surface area is 163 Å². The number of amides is 1. The van der Waals surface area contributed by atoms with E-state index in [4.69, 9.17) is 0 Å². The van der Waals surface area contributed by atoms with Crippen LogP contribution in [0.1, 0.15) is 52.0 Å². The number of piperidine rings is 1. The van der Waals surface area contributed by atoms with Crippen molar-refractivity contribution in [1.82, 2.24) is 4.90 Å². The summed E-state index contributed by atoms with van der Waals surface area (Å²) in [6.07, 6.45) is 3.20. The van der Waals surface area contributed by atoms with Crippen LogP contribution in [0.4, 0.5) is 0 Å². The molecular weight excluding hydrogens is 378 g/mol. The average molecular weight is 399 g/mol. The van der Waals surface area contributed by atoms with E-state index in [-0.39, 0.29) is 50.8 Å². The van der Waals surface area contributed by atoms with Crippen molar-refractivity contribution in [3.8, 4) is 0 Å². The lowest BCUT2D eigenvalue weighted by atomic mass is 9.97. The number of nitrogens with zero attached hydrogens (tertiary/aromatic N) is 1. The van der Waals surface area contributed by atoms with Crippen molar-refractivity contribution in [1.29, 1.82) is 0 Å². The predicted molar refractivity (Wildman–Crippen MR) is 102 cm³/mol. The topological polar surface area (TPSA) is 91.8 Å². The van der Waals surface area contributed by atoms with Crippen LogP contribution in [0.15, 0.2) is 52.3 Å². The molecule has 1 N–H and O–H groups in total. The molecule has 1 atom stereocenters. The fraction of sp³-hybridized carbons (Fsp3) is 0.333. The van der Waals surface area contributed by atoms with Gasteiger partial charge in [-0.2, -0.15) is 0 Å². The zero-order valence-corrected chi connectivity index (χ0v) is 16.1. The molecule has 0 saturated carbocycles. The maximum Gasteiger partial charge on any atom is 0.254 e. The first kappa shape index (κ1) is 18.8. The van der Waals surface area contributed by atoms with Crippen molar-refractivity contribution < 1.29 is 23.1 Å². The number of benzene rings is 2. The van der Waals surface area contributed by atoms with Gasteiger partial charge < -0.3 is 10.0 Å². The highest BCUT2D eigenvalue weighted by Crippen LogP contribution is 2.35. The minimum Gasteiger partial charge on any atom is -0.396 e. The number of hydrogen-bond donors (Lipinski definition) is 1. The highest BCUT2D eigenvalue weighted by Gasteiger charge is 2.36. The molecule has 1 saturated heterocycles. The van der Waals surface area contributed by atoms with Crippen molar-refractivity contribution in [2.24, 2.45) is 0 Å². The molecule has 0 bridgehead atoms. The molecule has 28 heavy (non-hydrogen) atoms. The monoisotopic (exact) mass is 399 g/mol. The summed E-state index contributed by atoms with van der Waals surface area (Å²) in [7, 11) is -3.88. The second-order valence-electron chi connectivity index (χ2n) is 7.20. The Morgan fingerprint density at radius 3 is 2.61 bits per heavy atom. The molecular formula is C21H21NO5S. The number of fused-ring (bicyclic) bond motifs is 2. The zero-order chi connectivity index (χ0) is 19.9. The van der Waals surface area contributed by atoms with Crippen LogP contribution in [-0.2, 0) is 9.84 Å². The maximum absolute atomic E-state index is 13.1. The molecule has 0 aliphatic carbocycles. The van der Waals surface area contributed by atoms with E-state index >= 15 is 0 Å². The quantitative estimate of drug-likeness (QED) is 0.730. The van der Waals surface area contributed by atoms with Crippen LogP contribution in [0.5, 0.6) is 0 Å². The van der Waals surface area contributed by atoms with E-state index < -0.39 is 9.84 Å². The van der Waals surface area contributed by atoms with Crippen LogP contribution >= 0.6 is 0 Å². The minimum atomic E-state index is -3.88. The number of likely N-dealkylation sites (tertiary alicyclic amines) is 1. The van der Waals surface area contributed by atoms with Crippen LogP contribution in [0, 0.1) is 0 Å². The summed E-state index contributed by atoms with van der Waals surface area (Å²) in [6, 6.07) is 10.4. The summed E-state index contributed by atoms with van der Waals surface area (Å²) < 4.78 is 26.1. The lowest BCUT2D eigenvalue weighted by Crippen LogP contribution is -2.44. The van der Waals surface area contributed by atoms with Crippen molar-refractivity contribution in [3.05, 3.63) is 59.2 Å². The standard InChI is InChI=1S/C21H21NO5S/c23-12-10-15-5-3-4-11-22(15)21(25)14-8-9-17-19(13-14)28(26,27)18-7-2-1-6-16(18)20(17)24/h1-2,6-9,13,15,23H,3-5,10-12H2. The number of aliphatic hydroxyl groups excluding tert-OH is 1. The Morgan fingerprint density at radius 1 is 1.07 bits per heavy atom. The molecule has 6 nitrogen and oxygen atoms in total. The molecule has 4 rings (SSSR count).